The van der Waals surface area contributed by atoms with Crippen molar-refractivity contribution in [2.24, 2.45) is 0 Å². The van der Waals surface area contributed by atoms with Gasteiger partial charge in [-0.1, -0.05) is 34.5 Å². The molecule has 3 aromatic rings. The van der Waals surface area contributed by atoms with Crippen LogP contribution < -0.4 is 21.3 Å². The largest absolute Gasteiger partial charge is 0.345 e. The number of thiazole rings is 1. The van der Waals surface area contributed by atoms with E-state index >= 15 is 0 Å². The number of halogens is 2. The molecule has 0 fully saturated rings. The summed E-state index contributed by atoms with van der Waals surface area (Å²) in [6.07, 6.45) is 0. The first-order valence-corrected chi connectivity index (χ1v) is 10.8. The number of benzene rings is 2. The molecule has 9 nitrogen and oxygen atoms in total. The van der Waals surface area contributed by atoms with Crippen molar-refractivity contribution in [1.29, 1.82) is 0 Å². The van der Waals surface area contributed by atoms with Gasteiger partial charge in [-0.25, -0.2) is 4.98 Å². The summed E-state index contributed by atoms with van der Waals surface area (Å²) in [4.78, 5) is 51.6. The monoisotopic (exact) mass is 493 g/mol. The average molecular weight is 494 g/mol. The number of hydrogen-bond donors (Lipinski definition) is 4. The third-order valence-electron chi connectivity index (χ3n) is 3.99. The maximum Gasteiger partial charge on any atom is 0.253 e. The van der Waals surface area contributed by atoms with E-state index in [9.17, 15) is 19.2 Å². The number of carbonyl (C=O) groups is 4. The van der Waals surface area contributed by atoms with E-state index in [0.29, 0.717) is 21.4 Å². The number of fused-ring (bicyclic) bond motifs is 1. The topological polar surface area (TPSA) is 129 Å². The number of anilines is 2. The molecule has 4 amide bonds. The van der Waals surface area contributed by atoms with Gasteiger partial charge in [-0.2, -0.15) is 0 Å². The van der Waals surface area contributed by atoms with Gasteiger partial charge in [-0.05, 0) is 36.4 Å². The van der Waals surface area contributed by atoms with Gasteiger partial charge < -0.3 is 21.3 Å². The van der Waals surface area contributed by atoms with Crippen molar-refractivity contribution in [2.75, 3.05) is 23.7 Å². The summed E-state index contributed by atoms with van der Waals surface area (Å²) in [6.45, 7) is 0.774. The Balaban J connectivity index is 1.47. The molecule has 166 valence electrons. The summed E-state index contributed by atoms with van der Waals surface area (Å²) >= 11 is 13.0. The SMILES string of the molecule is CC(=O)Nc1ccc2nc(NC(=O)CNC(=O)CNC(=O)c3ccc(Cl)cc3Cl)sc2c1. The fourth-order valence-corrected chi connectivity index (χ4v) is 4.01. The molecule has 0 radical (unpaired) electrons. The van der Waals surface area contributed by atoms with E-state index in [2.05, 4.69) is 26.3 Å². The van der Waals surface area contributed by atoms with E-state index in [4.69, 9.17) is 23.2 Å². The molecule has 0 aliphatic rings. The Hall–Kier alpha value is -3.21. The van der Waals surface area contributed by atoms with Crippen LogP contribution in [-0.4, -0.2) is 41.7 Å². The Bertz CT molecular complexity index is 1210. The summed E-state index contributed by atoms with van der Waals surface area (Å²) in [5.74, 6) is -1.76. The van der Waals surface area contributed by atoms with Crippen LogP contribution in [0.4, 0.5) is 10.8 Å². The summed E-state index contributed by atoms with van der Waals surface area (Å²) in [7, 11) is 0. The maximum atomic E-state index is 12.1. The zero-order valence-corrected chi connectivity index (χ0v) is 19.0. The van der Waals surface area contributed by atoms with Gasteiger partial charge in [0, 0.05) is 17.6 Å². The Morgan fingerprint density at radius 2 is 1.69 bits per heavy atom. The van der Waals surface area contributed by atoms with E-state index in [1.165, 1.54) is 36.5 Å². The van der Waals surface area contributed by atoms with Crippen LogP contribution in [0.1, 0.15) is 17.3 Å². The molecule has 0 unspecified atom stereocenters. The van der Waals surface area contributed by atoms with Gasteiger partial charge in [0.2, 0.25) is 17.7 Å². The minimum atomic E-state index is -0.553. The lowest BCUT2D eigenvalue weighted by Gasteiger charge is -2.08. The quantitative estimate of drug-likeness (QED) is 0.401. The van der Waals surface area contributed by atoms with E-state index in [-0.39, 0.29) is 29.6 Å². The molecule has 0 atom stereocenters. The molecule has 4 N–H and O–H groups in total. The third kappa shape index (κ3) is 6.39. The molecule has 2 aromatic carbocycles. The molecule has 0 saturated carbocycles. The number of nitrogens with zero attached hydrogens (tertiary/aromatic N) is 1. The van der Waals surface area contributed by atoms with Gasteiger partial charge in [0.1, 0.15) is 0 Å². The van der Waals surface area contributed by atoms with Gasteiger partial charge in [-0.15, -0.1) is 0 Å². The lowest BCUT2D eigenvalue weighted by molar-refractivity contribution is -0.123. The molecule has 1 heterocycles. The third-order valence-corrected chi connectivity index (χ3v) is 5.47. The van der Waals surface area contributed by atoms with E-state index in [1.807, 2.05) is 0 Å². The summed E-state index contributed by atoms with van der Waals surface area (Å²) < 4.78 is 0.777. The first kappa shape index (κ1) is 23.5. The van der Waals surface area contributed by atoms with Crippen molar-refractivity contribution in [3.8, 4) is 0 Å². The molecule has 0 aliphatic heterocycles. The average Bonchev–Trinajstić information content (AvgIpc) is 3.11. The molecular formula is C20H17Cl2N5O4S. The molecule has 0 saturated heterocycles. The Morgan fingerprint density at radius 1 is 0.938 bits per heavy atom. The van der Waals surface area contributed by atoms with Crippen LogP contribution in [0.3, 0.4) is 0 Å². The van der Waals surface area contributed by atoms with Gasteiger partial charge in [0.05, 0.1) is 33.9 Å². The van der Waals surface area contributed by atoms with Crippen LogP contribution in [0.5, 0.6) is 0 Å². The van der Waals surface area contributed by atoms with Gasteiger partial charge >= 0.3 is 0 Å². The second kappa shape index (κ2) is 10.4. The molecule has 0 aliphatic carbocycles. The van der Waals surface area contributed by atoms with Gasteiger partial charge in [-0.3, -0.25) is 19.2 Å². The van der Waals surface area contributed by atoms with Crippen LogP contribution in [0.2, 0.25) is 10.0 Å². The van der Waals surface area contributed by atoms with E-state index < -0.39 is 17.7 Å². The molecule has 1 aromatic heterocycles. The number of hydrogen-bond acceptors (Lipinski definition) is 6. The predicted molar refractivity (Wildman–Crippen MR) is 124 cm³/mol. The maximum absolute atomic E-state index is 12.1. The smallest absolute Gasteiger partial charge is 0.253 e. The molecule has 32 heavy (non-hydrogen) atoms. The highest BCUT2D eigenvalue weighted by Gasteiger charge is 2.13. The van der Waals surface area contributed by atoms with Crippen molar-refractivity contribution in [3.05, 3.63) is 52.0 Å². The predicted octanol–water partition coefficient (Wildman–Crippen LogP) is 3.05. The second-order valence-corrected chi connectivity index (χ2v) is 8.39. The summed E-state index contributed by atoms with van der Waals surface area (Å²) in [5.41, 5.74) is 1.46. The summed E-state index contributed by atoms with van der Waals surface area (Å²) in [6, 6.07) is 9.56. The van der Waals surface area contributed by atoms with Gasteiger partial charge in [0.25, 0.3) is 5.91 Å². The van der Waals surface area contributed by atoms with Crippen LogP contribution >= 0.6 is 34.5 Å². The Morgan fingerprint density at radius 3 is 2.41 bits per heavy atom. The normalized spacial score (nSPS) is 10.5. The van der Waals surface area contributed by atoms with Crippen LogP contribution in [0, 0.1) is 0 Å². The first-order chi connectivity index (χ1) is 15.2. The number of amides is 4. The molecule has 12 heteroatoms. The van der Waals surface area contributed by atoms with E-state index in [0.717, 1.165) is 4.70 Å². The van der Waals surface area contributed by atoms with Crippen LogP contribution in [0.25, 0.3) is 10.2 Å². The number of carbonyl (C=O) groups excluding carboxylic acids is 4. The van der Waals surface area contributed by atoms with E-state index in [1.54, 1.807) is 18.2 Å². The minimum absolute atomic E-state index is 0.162. The highest BCUT2D eigenvalue weighted by atomic mass is 35.5. The van der Waals surface area contributed by atoms with Crippen LogP contribution in [0.15, 0.2) is 36.4 Å². The van der Waals surface area contributed by atoms with Gasteiger partial charge in [0.15, 0.2) is 5.13 Å². The van der Waals surface area contributed by atoms with Crippen molar-refractivity contribution >= 4 is 79.2 Å². The molecule has 3 rings (SSSR count). The Labute approximate surface area is 196 Å². The minimum Gasteiger partial charge on any atom is -0.345 e. The lowest BCUT2D eigenvalue weighted by atomic mass is 10.2. The van der Waals surface area contributed by atoms with Crippen molar-refractivity contribution in [3.63, 3.8) is 0 Å². The zero-order chi connectivity index (χ0) is 23.3. The van der Waals surface area contributed by atoms with Crippen molar-refractivity contribution < 1.29 is 19.2 Å². The second-order valence-electron chi connectivity index (χ2n) is 6.51. The van der Waals surface area contributed by atoms with Crippen molar-refractivity contribution in [2.45, 2.75) is 6.92 Å². The fraction of sp³-hybridized carbons (Fsp3) is 0.150. The lowest BCUT2D eigenvalue weighted by Crippen LogP contribution is -2.40. The zero-order valence-electron chi connectivity index (χ0n) is 16.6. The Kier molecular flexibility index (Phi) is 7.62. The highest BCUT2D eigenvalue weighted by molar-refractivity contribution is 7.22. The number of nitrogens with one attached hydrogen (secondary N) is 4. The highest BCUT2D eigenvalue weighted by Crippen LogP contribution is 2.28. The number of aromatic nitrogens is 1. The van der Waals surface area contributed by atoms with Crippen LogP contribution in [-0.2, 0) is 14.4 Å². The standard InChI is InChI=1S/C20H17Cl2N5O4S/c1-10(28)25-12-3-5-15-16(7-12)32-20(26-15)27-18(30)9-23-17(29)8-24-19(31)13-4-2-11(21)6-14(13)22/h2-7H,8-9H2,1H3,(H,23,29)(H,24,31)(H,25,28)(H,26,27,30). The van der Waals surface area contributed by atoms with Crippen molar-refractivity contribution in [1.82, 2.24) is 15.6 Å². The number of rotatable bonds is 7. The fourth-order valence-electron chi connectivity index (χ4n) is 2.59. The summed E-state index contributed by atoms with van der Waals surface area (Å²) in [5, 5.41) is 11.0. The molecule has 0 spiro atoms. The molecule has 0 bridgehead atoms. The molecular weight excluding hydrogens is 477 g/mol. The first-order valence-electron chi connectivity index (χ1n) is 9.19.